The maximum atomic E-state index is 13.2. The summed E-state index contributed by atoms with van der Waals surface area (Å²) in [5, 5.41) is 4.19. The number of cyclic esters (lactones) is 1. The summed E-state index contributed by atoms with van der Waals surface area (Å²) < 4.78 is 79.5. The first kappa shape index (κ1) is 54.6. The van der Waals surface area contributed by atoms with Crippen LogP contribution >= 0.6 is 11.6 Å². The molecule has 2 N–H and O–H groups in total. The molecule has 5 aromatic rings. The van der Waals surface area contributed by atoms with Crippen LogP contribution in [0.1, 0.15) is 93.5 Å². The predicted molar refractivity (Wildman–Crippen MR) is 253 cm³/mol. The average molecular weight is 980 g/mol. The molecule has 0 unspecified atom stereocenters. The van der Waals surface area contributed by atoms with E-state index in [4.69, 9.17) is 25.8 Å². The minimum absolute atomic E-state index is 0.0204. The van der Waals surface area contributed by atoms with Crippen LogP contribution in [0.5, 0.6) is 11.5 Å². The van der Waals surface area contributed by atoms with Gasteiger partial charge in [0, 0.05) is 47.3 Å². The maximum absolute atomic E-state index is 13.2. The molecule has 4 aromatic carbocycles. The van der Waals surface area contributed by atoms with Crippen LogP contribution in [-0.2, 0) is 22.3 Å². The largest absolute Gasteiger partial charge is 0.496 e. The fourth-order valence-electron chi connectivity index (χ4n) is 6.76. The lowest BCUT2D eigenvalue weighted by molar-refractivity contribution is -0.138. The number of halogens is 6. The number of nitrogens with zero attached hydrogens (tertiary/aromatic N) is 3. The predicted octanol–water partition coefficient (Wildman–Crippen LogP) is 11.2. The summed E-state index contributed by atoms with van der Waals surface area (Å²) in [4.78, 5) is 54.5. The van der Waals surface area contributed by atoms with Crippen molar-refractivity contribution in [3.63, 3.8) is 0 Å². The van der Waals surface area contributed by atoms with Gasteiger partial charge in [-0.1, -0.05) is 59.1 Å². The van der Waals surface area contributed by atoms with Gasteiger partial charge < -0.3 is 24.4 Å². The van der Waals surface area contributed by atoms with Gasteiger partial charge in [0.05, 0.1) is 42.1 Å². The number of hydrogen-bond donors (Lipinski definition) is 2. The molecule has 0 saturated heterocycles. The Morgan fingerprint density at radius 1 is 0.855 bits per heavy atom. The standard InChI is InChI=1S/C22H28N2O3.C17H16F3NO2.C12H11ClF2N2O2/c1-14-11-15(2)13-17(12-14)21(26)24(22(4,5)6)23-20(25)18-9-8-10-19(27-7)16(18)3;1-11(2)23-13-7-5-6-12(10-13)21-16(22)14-8-3-4-9-15(14)17(18,19)20;13-10-2-1-8(4-16-10)5-17(6-11(14)15)9-3-12(18)19-7-9/h8-13H,1-7H3,(H,23,25);3-11H,1-2H3,(H,21,22);1-4,11H,5-7H2. The Morgan fingerprint density at radius 2 is 1.51 bits per heavy atom. The minimum Gasteiger partial charge on any atom is -0.496 e. The Balaban J connectivity index is 0.000000229. The number of alkyl halides is 5. The molecule has 6 rings (SSSR count). The summed E-state index contributed by atoms with van der Waals surface area (Å²) in [7, 11) is 1.56. The van der Waals surface area contributed by atoms with Gasteiger partial charge in [0.2, 0.25) is 0 Å². The van der Waals surface area contributed by atoms with Gasteiger partial charge in [-0.25, -0.2) is 23.6 Å². The molecule has 18 heteroatoms. The highest BCUT2D eigenvalue weighted by atomic mass is 35.5. The van der Waals surface area contributed by atoms with E-state index in [2.05, 4.69) is 15.7 Å². The van der Waals surface area contributed by atoms with E-state index in [-0.39, 0.29) is 31.1 Å². The number of aromatic nitrogens is 1. The van der Waals surface area contributed by atoms with Gasteiger partial charge in [-0.05, 0) is 116 Å². The lowest BCUT2D eigenvalue weighted by Crippen LogP contribution is -2.56. The lowest BCUT2D eigenvalue weighted by Gasteiger charge is -2.35. The third-order valence-corrected chi connectivity index (χ3v) is 10.0. The van der Waals surface area contributed by atoms with Crippen molar-refractivity contribution in [3.05, 3.63) is 165 Å². The zero-order valence-corrected chi connectivity index (χ0v) is 40.4. The zero-order valence-electron chi connectivity index (χ0n) is 39.6. The minimum atomic E-state index is -4.59. The first-order valence-electron chi connectivity index (χ1n) is 21.5. The number of rotatable bonds is 12. The van der Waals surface area contributed by atoms with E-state index in [1.165, 1.54) is 34.3 Å². The van der Waals surface area contributed by atoms with Gasteiger partial charge >= 0.3 is 12.1 Å². The van der Waals surface area contributed by atoms with Gasteiger partial charge in [0.25, 0.3) is 24.1 Å². The molecule has 1 aliphatic rings. The number of amides is 3. The van der Waals surface area contributed by atoms with Crippen molar-refractivity contribution in [2.24, 2.45) is 0 Å². The molecule has 368 valence electrons. The molecular weight excluding hydrogens is 925 g/mol. The normalized spacial score (nSPS) is 12.1. The highest BCUT2D eigenvalue weighted by molar-refractivity contribution is 6.29. The van der Waals surface area contributed by atoms with E-state index >= 15 is 0 Å². The van der Waals surface area contributed by atoms with Gasteiger partial charge in [0.15, 0.2) is 0 Å². The van der Waals surface area contributed by atoms with E-state index in [1.807, 2.05) is 73.6 Å². The third-order valence-electron chi connectivity index (χ3n) is 9.82. The summed E-state index contributed by atoms with van der Waals surface area (Å²) in [5.41, 5.74) is 6.09. The second kappa shape index (κ2) is 24.3. The van der Waals surface area contributed by atoms with Crippen LogP contribution < -0.4 is 20.2 Å². The van der Waals surface area contributed by atoms with Crippen molar-refractivity contribution in [1.29, 1.82) is 0 Å². The van der Waals surface area contributed by atoms with E-state index in [9.17, 15) is 41.1 Å². The summed E-state index contributed by atoms with van der Waals surface area (Å²) >= 11 is 5.66. The van der Waals surface area contributed by atoms with Gasteiger partial charge in [-0.15, -0.1) is 0 Å². The van der Waals surface area contributed by atoms with Crippen LogP contribution in [0.3, 0.4) is 0 Å². The molecule has 0 fully saturated rings. The highest BCUT2D eigenvalue weighted by Crippen LogP contribution is 2.32. The van der Waals surface area contributed by atoms with Crippen molar-refractivity contribution in [1.82, 2.24) is 20.3 Å². The summed E-state index contributed by atoms with van der Waals surface area (Å²) in [6, 6.07) is 25.4. The summed E-state index contributed by atoms with van der Waals surface area (Å²) in [6.07, 6.45) is -4.40. The van der Waals surface area contributed by atoms with Gasteiger partial charge in [-0.3, -0.25) is 19.8 Å². The molecule has 0 radical (unpaired) electrons. The third kappa shape index (κ3) is 16.6. The summed E-state index contributed by atoms with van der Waals surface area (Å²) in [5.74, 6) is -0.766. The topological polar surface area (TPSA) is 139 Å². The van der Waals surface area contributed by atoms with Crippen molar-refractivity contribution in [2.45, 2.75) is 86.2 Å². The van der Waals surface area contributed by atoms with Crippen LogP contribution in [0, 0.1) is 20.8 Å². The molecule has 69 heavy (non-hydrogen) atoms. The molecule has 2 heterocycles. The number of nitrogens with one attached hydrogen (secondary N) is 2. The van der Waals surface area contributed by atoms with Gasteiger partial charge in [0.1, 0.15) is 23.3 Å². The molecule has 1 aromatic heterocycles. The van der Waals surface area contributed by atoms with Crippen LogP contribution in [0.25, 0.3) is 0 Å². The number of hydrazine groups is 1. The first-order valence-corrected chi connectivity index (χ1v) is 21.9. The fourth-order valence-corrected chi connectivity index (χ4v) is 6.87. The smallest absolute Gasteiger partial charge is 0.417 e. The van der Waals surface area contributed by atoms with Crippen molar-refractivity contribution in [3.8, 4) is 11.5 Å². The van der Waals surface area contributed by atoms with Crippen molar-refractivity contribution < 1.29 is 55.3 Å². The second-order valence-electron chi connectivity index (χ2n) is 17.0. The molecule has 0 saturated carbocycles. The van der Waals surface area contributed by atoms with E-state index in [0.29, 0.717) is 39.2 Å². The van der Waals surface area contributed by atoms with Crippen molar-refractivity contribution in [2.75, 3.05) is 25.6 Å². The lowest BCUT2D eigenvalue weighted by atomic mass is 10.0. The summed E-state index contributed by atoms with van der Waals surface area (Å²) in [6.45, 7) is 14.8. The number of methoxy groups -OCH3 is 1. The number of ether oxygens (including phenoxy) is 3. The Kier molecular flexibility index (Phi) is 19.2. The Labute approximate surface area is 403 Å². The molecule has 0 aliphatic carbocycles. The molecule has 0 bridgehead atoms. The zero-order chi connectivity index (χ0) is 51.2. The monoisotopic (exact) mass is 979 g/mol. The number of hydrogen-bond acceptors (Lipinski definition) is 9. The second-order valence-corrected chi connectivity index (χ2v) is 17.3. The number of carbonyl (C=O) groups excluding carboxylic acids is 4. The first-order chi connectivity index (χ1) is 32.4. The van der Waals surface area contributed by atoms with Crippen molar-refractivity contribution >= 4 is 41.0 Å². The fraction of sp³-hybridized carbons (Fsp3) is 0.314. The maximum Gasteiger partial charge on any atom is 0.417 e. The van der Waals surface area contributed by atoms with E-state index in [1.54, 1.807) is 61.7 Å². The number of carbonyl (C=O) groups is 4. The molecule has 0 atom stereocenters. The molecule has 0 spiro atoms. The van der Waals surface area contributed by atoms with E-state index < -0.39 is 47.7 Å². The number of pyridine rings is 1. The van der Waals surface area contributed by atoms with Gasteiger partial charge in [-0.2, -0.15) is 13.2 Å². The number of aryl methyl sites for hydroxylation is 2. The molecule has 12 nitrogen and oxygen atoms in total. The Morgan fingerprint density at radius 3 is 2.07 bits per heavy atom. The van der Waals surface area contributed by atoms with Crippen LogP contribution in [0.2, 0.25) is 5.15 Å². The van der Waals surface area contributed by atoms with E-state index in [0.717, 1.165) is 34.4 Å². The SMILES string of the molecule is CC(C)Oc1cccc(NC(=O)c2ccccc2C(F)(F)F)c1.COc1cccc(C(=O)NN(C(=O)c2cc(C)cc(C)c2)C(C)(C)C)c1C.O=C1C=C(N(Cc2ccc(Cl)nc2)CC(F)F)CO1. The van der Waals surface area contributed by atoms with Crippen LogP contribution in [0.15, 0.2) is 115 Å². The molecule has 3 amide bonds. The Bertz CT molecular complexity index is 2600. The number of esters is 1. The number of benzene rings is 4. The highest BCUT2D eigenvalue weighted by Gasteiger charge is 2.35. The Hall–Kier alpha value is -7.01. The quantitative estimate of drug-likeness (QED) is 0.0541. The average Bonchev–Trinajstić information content (AvgIpc) is 3.71. The molecule has 1 aliphatic heterocycles. The molecular formula is C51H55ClF5N5O7. The number of anilines is 1. The van der Waals surface area contributed by atoms with Crippen LogP contribution in [-0.4, -0.2) is 76.9 Å². The van der Waals surface area contributed by atoms with Crippen LogP contribution in [0.4, 0.5) is 27.6 Å².